The third-order valence-electron chi connectivity index (χ3n) is 5.05. The first kappa shape index (κ1) is 21.1. The summed E-state index contributed by atoms with van der Waals surface area (Å²) in [5.74, 6) is 0.802. The molecular weight excluding hydrogens is 416 g/mol. The topological polar surface area (TPSA) is 95.3 Å². The maximum atomic E-state index is 13.1. The fourth-order valence-corrected chi connectivity index (χ4v) is 4.46. The molecule has 31 heavy (non-hydrogen) atoms. The lowest BCUT2D eigenvalue weighted by Gasteiger charge is -2.16. The molecular formula is C22H24N4O4S. The van der Waals surface area contributed by atoms with Crippen molar-refractivity contribution in [2.45, 2.75) is 24.9 Å². The van der Waals surface area contributed by atoms with Gasteiger partial charge in [0.2, 0.25) is 5.88 Å². The number of imidazole rings is 1. The van der Waals surface area contributed by atoms with Crippen LogP contribution in [0.4, 0.5) is 5.69 Å². The van der Waals surface area contributed by atoms with Crippen molar-refractivity contribution >= 4 is 21.3 Å². The minimum Gasteiger partial charge on any atom is -0.480 e. The van der Waals surface area contributed by atoms with Gasteiger partial charge in [0.25, 0.3) is 10.0 Å². The van der Waals surface area contributed by atoms with Crippen molar-refractivity contribution in [3.05, 3.63) is 71.8 Å². The molecule has 0 spiro atoms. The fraction of sp³-hybridized carbons (Fsp3) is 0.273. The molecule has 3 aromatic rings. The van der Waals surface area contributed by atoms with Crippen LogP contribution >= 0.6 is 0 Å². The Labute approximate surface area is 181 Å². The summed E-state index contributed by atoms with van der Waals surface area (Å²) in [7, 11) is -2.48. The van der Waals surface area contributed by atoms with Crippen LogP contribution in [0.25, 0.3) is 5.57 Å². The molecule has 1 aromatic carbocycles. The van der Waals surface area contributed by atoms with Crippen LogP contribution in [0.1, 0.15) is 23.4 Å². The number of methoxy groups -OCH3 is 1. The van der Waals surface area contributed by atoms with Crippen molar-refractivity contribution in [1.82, 2.24) is 14.5 Å². The Balaban J connectivity index is 1.61. The molecule has 0 radical (unpaired) electrons. The molecule has 9 heteroatoms. The Hall–Kier alpha value is -3.17. The molecule has 0 bridgehead atoms. The van der Waals surface area contributed by atoms with Gasteiger partial charge in [-0.25, -0.2) is 9.97 Å². The van der Waals surface area contributed by atoms with Crippen LogP contribution in [-0.4, -0.2) is 43.3 Å². The molecule has 2 aromatic heterocycles. The number of hydrogen-bond donors (Lipinski definition) is 1. The monoisotopic (exact) mass is 440 g/mol. The van der Waals surface area contributed by atoms with Crippen molar-refractivity contribution in [2.24, 2.45) is 0 Å². The van der Waals surface area contributed by atoms with Crippen LogP contribution in [0, 0.1) is 6.92 Å². The minimum atomic E-state index is -3.93. The van der Waals surface area contributed by atoms with E-state index >= 15 is 0 Å². The number of nitrogens with zero attached hydrogens (tertiary/aromatic N) is 3. The standard InChI is InChI=1S/C22H24N4O4S/c1-16-24-21(15-26(16)14-17-6-4-3-5-7-17)31(27,28)25-20-12-19(13-23-22(20)29-2)18-8-10-30-11-9-18/h3-8,12-13,15,25H,9-11,14H2,1-2H3. The summed E-state index contributed by atoms with van der Waals surface area (Å²) in [5.41, 5.74) is 3.21. The zero-order valence-electron chi connectivity index (χ0n) is 17.4. The van der Waals surface area contributed by atoms with Crippen molar-refractivity contribution in [1.29, 1.82) is 0 Å². The Morgan fingerprint density at radius 1 is 1.26 bits per heavy atom. The third kappa shape index (κ3) is 4.78. The van der Waals surface area contributed by atoms with Gasteiger partial charge in [-0.15, -0.1) is 0 Å². The Morgan fingerprint density at radius 2 is 2.06 bits per heavy atom. The van der Waals surface area contributed by atoms with E-state index in [4.69, 9.17) is 9.47 Å². The second-order valence-electron chi connectivity index (χ2n) is 7.18. The number of sulfonamides is 1. The molecule has 1 aliphatic rings. The molecule has 8 nitrogen and oxygen atoms in total. The summed E-state index contributed by atoms with van der Waals surface area (Å²) < 4.78 is 41.2. The number of pyridine rings is 1. The van der Waals surface area contributed by atoms with Gasteiger partial charge in [-0.3, -0.25) is 4.72 Å². The van der Waals surface area contributed by atoms with E-state index in [0.717, 1.165) is 23.1 Å². The number of aromatic nitrogens is 3. The average Bonchev–Trinajstić information content (AvgIpc) is 3.16. The van der Waals surface area contributed by atoms with Crippen molar-refractivity contribution in [3.8, 4) is 5.88 Å². The molecule has 0 amide bonds. The van der Waals surface area contributed by atoms with E-state index < -0.39 is 10.0 Å². The summed E-state index contributed by atoms with van der Waals surface area (Å²) in [4.78, 5) is 8.54. The number of rotatable bonds is 7. The van der Waals surface area contributed by atoms with Gasteiger partial charge in [0.15, 0.2) is 5.03 Å². The van der Waals surface area contributed by atoms with E-state index in [9.17, 15) is 8.42 Å². The third-order valence-corrected chi connectivity index (χ3v) is 6.28. The summed E-state index contributed by atoms with van der Waals surface area (Å²) in [5, 5.41) is -0.0568. The van der Waals surface area contributed by atoms with Crippen molar-refractivity contribution < 1.29 is 17.9 Å². The van der Waals surface area contributed by atoms with Crippen LogP contribution in [0.2, 0.25) is 0 Å². The van der Waals surface area contributed by atoms with E-state index in [0.29, 0.717) is 25.6 Å². The maximum Gasteiger partial charge on any atom is 0.281 e. The summed E-state index contributed by atoms with van der Waals surface area (Å²) in [6, 6.07) is 11.5. The minimum absolute atomic E-state index is 0.0568. The average molecular weight is 441 g/mol. The van der Waals surface area contributed by atoms with Crippen LogP contribution in [0.15, 0.2) is 59.9 Å². The molecule has 0 saturated carbocycles. The number of benzene rings is 1. The first-order valence-electron chi connectivity index (χ1n) is 9.88. The summed E-state index contributed by atoms with van der Waals surface area (Å²) >= 11 is 0. The van der Waals surface area contributed by atoms with Crippen molar-refractivity contribution in [3.63, 3.8) is 0 Å². The highest BCUT2D eigenvalue weighted by Crippen LogP contribution is 2.30. The zero-order valence-corrected chi connectivity index (χ0v) is 18.2. The summed E-state index contributed by atoms with van der Waals surface area (Å²) in [6.45, 7) is 3.46. The lowest BCUT2D eigenvalue weighted by atomic mass is 10.0. The van der Waals surface area contributed by atoms with Crippen LogP contribution in [-0.2, 0) is 21.3 Å². The van der Waals surface area contributed by atoms with Crippen molar-refractivity contribution in [2.75, 3.05) is 25.0 Å². The Kier molecular flexibility index (Phi) is 6.06. The lowest BCUT2D eigenvalue weighted by Crippen LogP contribution is -2.15. The normalized spacial score (nSPS) is 14.2. The molecule has 0 aliphatic carbocycles. The summed E-state index contributed by atoms with van der Waals surface area (Å²) in [6.07, 6.45) is 5.92. The van der Waals surface area contributed by atoms with Crippen LogP contribution in [0.3, 0.4) is 0 Å². The predicted octanol–water partition coefficient (Wildman–Crippen LogP) is 3.25. The molecule has 3 heterocycles. The molecule has 1 aliphatic heterocycles. The SMILES string of the molecule is COc1ncc(C2=CCOCC2)cc1NS(=O)(=O)c1cn(Cc2ccccc2)c(C)n1. The molecule has 1 N–H and O–H groups in total. The number of aryl methyl sites for hydroxylation is 1. The largest absolute Gasteiger partial charge is 0.480 e. The first-order valence-corrected chi connectivity index (χ1v) is 11.4. The van der Waals surface area contributed by atoms with Gasteiger partial charge >= 0.3 is 0 Å². The lowest BCUT2D eigenvalue weighted by molar-refractivity contribution is 0.161. The Morgan fingerprint density at radius 3 is 2.77 bits per heavy atom. The highest BCUT2D eigenvalue weighted by molar-refractivity contribution is 7.92. The van der Waals surface area contributed by atoms with Gasteiger partial charge in [0.1, 0.15) is 11.5 Å². The molecule has 0 unspecified atom stereocenters. The van der Waals surface area contributed by atoms with Gasteiger partial charge in [-0.05, 0) is 36.1 Å². The Bertz CT molecular complexity index is 1200. The number of ether oxygens (including phenoxy) is 2. The second kappa shape index (κ2) is 8.91. The number of anilines is 1. The molecule has 0 fully saturated rings. The van der Waals surface area contributed by atoms with Gasteiger partial charge in [0, 0.05) is 18.9 Å². The number of nitrogens with one attached hydrogen (secondary N) is 1. The van der Waals surface area contributed by atoms with E-state index in [-0.39, 0.29) is 16.6 Å². The fourth-order valence-electron chi connectivity index (χ4n) is 3.40. The first-order chi connectivity index (χ1) is 15.0. The zero-order chi connectivity index (χ0) is 21.8. The predicted molar refractivity (Wildman–Crippen MR) is 118 cm³/mol. The number of hydrogen-bond acceptors (Lipinski definition) is 6. The van der Waals surface area contributed by atoms with E-state index in [1.807, 2.05) is 41.0 Å². The van der Waals surface area contributed by atoms with Gasteiger partial charge in [0.05, 0.1) is 20.3 Å². The maximum absolute atomic E-state index is 13.1. The van der Waals surface area contributed by atoms with E-state index in [1.165, 1.54) is 13.3 Å². The molecule has 0 atom stereocenters. The molecule has 162 valence electrons. The smallest absolute Gasteiger partial charge is 0.281 e. The van der Waals surface area contributed by atoms with Crippen LogP contribution in [0.5, 0.6) is 5.88 Å². The highest BCUT2D eigenvalue weighted by Gasteiger charge is 2.22. The molecule has 4 rings (SSSR count). The van der Waals surface area contributed by atoms with Gasteiger partial charge in [-0.1, -0.05) is 36.4 Å². The molecule has 0 saturated heterocycles. The van der Waals surface area contributed by atoms with E-state index in [2.05, 4.69) is 14.7 Å². The quantitative estimate of drug-likeness (QED) is 0.606. The second-order valence-corrected chi connectivity index (χ2v) is 8.81. The van der Waals surface area contributed by atoms with Gasteiger partial charge in [-0.2, -0.15) is 8.42 Å². The highest BCUT2D eigenvalue weighted by atomic mass is 32.2. The van der Waals surface area contributed by atoms with Crippen LogP contribution < -0.4 is 9.46 Å². The van der Waals surface area contributed by atoms with E-state index in [1.54, 1.807) is 19.2 Å². The van der Waals surface area contributed by atoms with Gasteiger partial charge < -0.3 is 14.0 Å².